The molecule has 0 spiro atoms. The van der Waals surface area contributed by atoms with Crippen LogP contribution in [0, 0.1) is 5.82 Å². The molecule has 0 aliphatic carbocycles. The van der Waals surface area contributed by atoms with Gasteiger partial charge in [-0.1, -0.05) is 23.7 Å². The van der Waals surface area contributed by atoms with Gasteiger partial charge in [0, 0.05) is 0 Å². The molecule has 0 atom stereocenters. The lowest BCUT2D eigenvalue weighted by molar-refractivity contribution is 0.303. The topological polar surface area (TPSA) is 87.0 Å². The normalized spacial score (nSPS) is 11.1. The first-order chi connectivity index (χ1) is 11.1. The van der Waals surface area contributed by atoms with Crippen molar-refractivity contribution in [2.45, 2.75) is 26.2 Å². The zero-order chi connectivity index (χ0) is 16.4. The van der Waals surface area contributed by atoms with Crippen molar-refractivity contribution >= 4 is 15.9 Å². The Balaban J connectivity index is 2.11. The summed E-state index contributed by atoms with van der Waals surface area (Å²) < 4.78 is 24.3. The van der Waals surface area contributed by atoms with Crippen molar-refractivity contribution in [1.82, 2.24) is 20.0 Å². The molecular weight excluding hydrogens is 371 g/mol. The molecule has 0 unspecified atom stereocenters. The number of hydrogen-bond acceptors (Lipinski definition) is 6. The Kier molecular flexibility index (Phi) is 4.37. The Morgan fingerprint density at radius 1 is 1.30 bits per heavy atom. The summed E-state index contributed by atoms with van der Waals surface area (Å²) in [6.45, 7) is 2.05. The molecule has 2 heterocycles. The summed E-state index contributed by atoms with van der Waals surface area (Å²) in [4.78, 5) is 12.0. The lowest BCUT2D eigenvalue weighted by atomic mass is 10.1. The summed E-state index contributed by atoms with van der Waals surface area (Å²) in [6, 6.07) is 4.14. The van der Waals surface area contributed by atoms with Gasteiger partial charge in [0.2, 0.25) is 5.82 Å². The molecule has 0 bridgehead atoms. The van der Waals surface area contributed by atoms with Gasteiger partial charge >= 0.3 is 5.76 Å². The van der Waals surface area contributed by atoms with E-state index in [0.717, 1.165) is 12.8 Å². The van der Waals surface area contributed by atoms with Gasteiger partial charge in [-0.05, 0) is 52.1 Å². The van der Waals surface area contributed by atoms with Gasteiger partial charge in [-0.2, -0.15) is 0 Å². The highest BCUT2D eigenvalue weighted by atomic mass is 79.9. The maximum Gasteiger partial charge on any atom is 0.446 e. The van der Waals surface area contributed by atoms with E-state index in [4.69, 9.17) is 9.15 Å². The summed E-state index contributed by atoms with van der Waals surface area (Å²) in [7, 11) is 0. The molecule has 0 saturated heterocycles. The third-order valence-corrected chi connectivity index (χ3v) is 3.91. The molecule has 0 aliphatic rings. The SMILES string of the molecule is CCCCc1nonc1-c1noc(=O)n1-c1ccc(F)c(Br)c1. The van der Waals surface area contributed by atoms with Gasteiger partial charge in [0.15, 0.2) is 5.69 Å². The first-order valence-electron chi connectivity index (χ1n) is 6.97. The Labute approximate surface area is 138 Å². The highest BCUT2D eigenvalue weighted by molar-refractivity contribution is 9.10. The van der Waals surface area contributed by atoms with Gasteiger partial charge in [0.25, 0.3) is 0 Å². The van der Waals surface area contributed by atoms with E-state index in [-0.39, 0.29) is 10.3 Å². The predicted molar refractivity (Wildman–Crippen MR) is 81.7 cm³/mol. The fourth-order valence-corrected chi connectivity index (χ4v) is 2.50. The second-order valence-corrected chi connectivity index (χ2v) is 5.72. The Hall–Kier alpha value is -2.29. The summed E-state index contributed by atoms with van der Waals surface area (Å²) in [5.41, 5.74) is 1.32. The van der Waals surface area contributed by atoms with Gasteiger partial charge in [-0.25, -0.2) is 18.4 Å². The molecule has 1 aromatic carbocycles. The van der Waals surface area contributed by atoms with Gasteiger partial charge in [-0.3, -0.25) is 4.52 Å². The predicted octanol–water partition coefficient (Wildman–Crippen LogP) is 3.12. The maximum atomic E-state index is 13.4. The van der Waals surface area contributed by atoms with Crippen LogP contribution in [0.15, 0.2) is 36.6 Å². The van der Waals surface area contributed by atoms with E-state index in [2.05, 4.69) is 38.3 Å². The van der Waals surface area contributed by atoms with E-state index in [1.807, 2.05) is 0 Å². The minimum absolute atomic E-state index is 0.167. The highest BCUT2D eigenvalue weighted by Crippen LogP contribution is 2.24. The van der Waals surface area contributed by atoms with E-state index in [0.29, 0.717) is 23.5 Å². The van der Waals surface area contributed by atoms with Crippen LogP contribution >= 0.6 is 15.9 Å². The van der Waals surface area contributed by atoms with Crippen LogP contribution in [-0.4, -0.2) is 20.0 Å². The summed E-state index contributed by atoms with van der Waals surface area (Å²) >= 11 is 3.09. The zero-order valence-corrected chi connectivity index (χ0v) is 13.7. The average Bonchev–Trinajstić information content (AvgIpc) is 3.14. The molecule has 0 N–H and O–H groups in total. The Morgan fingerprint density at radius 2 is 2.13 bits per heavy atom. The average molecular weight is 383 g/mol. The van der Waals surface area contributed by atoms with Gasteiger partial charge < -0.3 is 0 Å². The van der Waals surface area contributed by atoms with Crippen LogP contribution < -0.4 is 5.76 Å². The molecule has 3 rings (SSSR count). The first kappa shape index (κ1) is 15.6. The number of nitrogens with zero attached hydrogens (tertiary/aromatic N) is 4. The Morgan fingerprint density at radius 3 is 2.87 bits per heavy atom. The minimum atomic E-state index is -0.706. The summed E-state index contributed by atoms with van der Waals surface area (Å²) in [5, 5.41) is 11.4. The smallest absolute Gasteiger partial charge is 0.295 e. The van der Waals surface area contributed by atoms with Gasteiger partial charge in [-0.15, -0.1) is 0 Å². The third kappa shape index (κ3) is 2.96. The van der Waals surface area contributed by atoms with E-state index in [1.165, 1.54) is 22.8 Å². The van der Waals surface area contributed by atoms with E-state index in [9.17, 15) is 9.18 Å². The molecule has 0 saturated carbocycles. The number of benzene rings is 1. The summed E-state index contributed by atoms with van der Waals surface area (Å²) in [5.74, 6) is -0.977. The fraction of sp³-hybridized carbons (Fsp3) is 0.286. The van der Waals surface area contributed by atoms with Gasteiger partial charge in [0.1, 0.15) is 11.5 Å². The van der Waals surface area contributed by atoms with Crippen molar-refractivity contribution in [3.63, 3.8) is 0 Å². The number of unbranched alkanes of at least 4 members (excludes halogenated alkanes) is 1. The van der Waals surface area contributed by atoms with Crippen LogP contribution in [0.1, 0.15) is 25.5 Å². The lowest BCUT2D eigenvalue weighted by Gasteiger charge is -2.04. The van der Waals surface area contributed by atoms with Crippen molar-refractivity contribution < 1.29 is 13.5 Å². The van der Waals surface area contributed by atoms with Crippen molar-refractivity contribution in [3.8, 4) is 17.2 Å². The Bertz CT molecular complexity index is 886. The molecule has 23 heavy (non-hydrogen) atoms. The number of halogens is 2. The second-order valence-electron chi connectivity index (χ2n) is 4.87. The monoisotopic (exact) mass is 382 g/mol. The first-order valence-corrected chi connectivity index (χ1v) is 7.77. The van der Waals surface area contributed by atoms with Crippen LogP contribution in [0.4, 0.5) is 4.39 Å². The largest absolute Gasteiger partial charge is 0.446 e. The molecule has 0 amide bonds. The van der Waals surface area contributed by atoms with Crippen molar-refractivity contribution in [3.05, 3.63) is 44.7 Å². The van der Waals surface area contributed by atoms with E-state index in [1.54, 1.807) is 0 Å². The molecule has 0 aliphatic heterocycles. The molecular formula is C14H12BrFN4O3. The molecule has 3 aromatic rings. The lowest BCUT2D eigenvalue weighted by Crippen LogP contribution is -2.14. The van der Waals surface area contributed by atoms with Crippen LogP contribution in [0.5, 0.6) is 0 Å². The molecule has 120 valence electrons. The van der Waals surface area contributed by atoms with E-state index >= 15 is 0 Å². The van der Waals surface area contributed by atoms with E-state index < -0.39 is 11.6 Å². The van der Waals surface area contributed by atoms with Crippen LogP contribution in [0.2, 0.25) is 0 Å². The quantitative estimate of drug-likeness (QED) is 0.673. The van der Waals surface area contributed by atoms with Gasteiger partial charge in [0.05, 0.1) is 10.2 Å². The van der Waals surface area contributed by atoms with Crippen molar-refractivity contribution in [1.29, 1.82) is 0 Å². The van der Waals surface area contributed by atoms with Crippen LogP contribution in [0.3, 0.4) is 0 Å². The molecule has 0 radical (unpaired) electrons. The number of aromatic nitrogens is 4. The summed E-state index contributed by atoms with van der Waals surface area (Å²) in [6.07, 6.45) is 2.51. The van der Waals surface area contributed by atoms with Crippen molar-refractivity contribution in [2.75, 3.05) is 0 Å². The number of aryl methyl sites for hydroxylation is 1. The number of hydrogen-bond donors (Lipinski definition) is 0. The second kappa shape index (κ2) is 6.45. The standard InChI is InChI=1S/C14H12BrFN4O3/c1-2-3-4-11-12(18-23-17-11)13-19-22-14(21)20(13)8-5-6-10(16)9(15)7-8/h5-7H,2-4H2,1H3. The fourth-order valence-electron chi connectivity index (χ4n) is 2.14. The maximum absolute atomic E-state index is 13.4. The number of rotatable bonds is 5. The molecule has 0 fully saturated rings. The van der Waals surface area contributed by atoms with Crippen LogP contribution in [-0.2, 0) is 6.42 Å². The minimum Gasteiger partial charge on any atom is -0.295 e. The zero-order valence-electron chi connectivity index (χ0n) is 12.1. The van der Waals surface area contributed by atoms with Crippen molar-refractivity contribution in [2.24, 2.45) is 0 Å². The third-order valence-electron chi connectivity index (χ3n) is 3.30. The molecule has 9 heteroatoms. The molecule has 2 aromatic heterocycles. The highest BCUT2D eigenvalue weighted by Gasteiger charge is 2.22. The van der Waals surface area contributed by atoms with Crippen LogP contribution in [0.25, 0.3) is 17.2 Å². The molecule has 7 nitrogen and oxygen atoms in total.